The number of methoxy groups -OCH3 is 1. The van der Waals surface area contributed by atoms with Gasteiger partial charge in [-0.1, -0.05) is 30.8 Å². The lowest BCUT2D eigenvalue weighted by Gasteiger charge is -2.36. The van der Waals surface area contributed by atoms with E-state index in [1.165, 1.54) is 29.1 Å². The standard InChI is InChI=1S/C25H37N3O4S2/c1-16-6-9-19(10-7-16)28(13-12-18-8-11-20(32-5)17(2)14-18)24(31)27-23-26-15-21(33-23)34-25(3,4)22(29)30/h8,11,14,16,19,21H,6-7,9-10,12-13,15H2,1-5H3,(H,29,30)(H,26,27,31). The summed E-state index contributed by atoms with van der Waals surface area (Å²) in [6.45, 7) is 8.84. The molecule has 7 nitrogen and oxygen atoms in total. The summed E-state index contributed by atoms with van der Waals surface area (Å²) >= 11 is 2.82. The minimum Gasteiger partial charge on any atom is -0.496 e. The van der Waals surface area contributed by atoms with Crippen LogP contribution in [0.25, 0.3) is 0 Å². The normalized spacial score (nSPS) is 22.7. The van der Waals surface area contributed by atoms with Gasteiger partial charge in [0.2, 0.25) is 0 Å². The summed E-state index contributed by atoms with van der Waals surface area (Å²) < 4.78 is 4.46. The molecule has 188 valence electrons. The number of aliphatic carboxylic acids is 1. The second kappa shape index (κ2) is 11.7. The smallest absolute Gasteiger partial charge is 0.323 e. The lowest BCUT2D eigenvalue weighted by atomic mass is 9.86. The fourth-order valence-corrected chi connectivity index (χ4v) is 7.17. The first-order valence-electron chi connectivity index (χ1n) is 11.9. The van der Waals surface area contributed by atoms with Gasteiger partial charge in [0.1, 0.15) is 10.5 Å². The number of nitrogens with zero attached hydrogens (tertiary/aromatic N) is 2. The van der Waals surface area contributed by atoms with Crippen molar-refractivity contribution in [2.45, 2.75) is 75.2 Å². The van der Waals surface area contributed by atoms with Crippen LogP contribution >= 0.6 is 23.5 Å². The quantitative estimate of drug-likeness (QED) is 0.505. The van der Waals surface area contributed by atoms with Crippen molar-refractivity contribution < 1.29 is 19.4 Å². The zero-order chi connectivity index (χ0) is 24.9. The van der Waals surface area contributed by atoms with Gasteiger partial charge in [-0.05, 0) is 76.0 Å². The highest BCUT2D eigenvalue weighted by Gasteiger charge is 2.35. The van der Waals surface area contributed by atoms with Gasteiger partial charge in [0.25, 0.3) is 0 Å². The van der Waals surface area contributed by atoms with E-state index in [-0.39, 0.29) is 16.7 Å². The van der Waals surface area contributed by atoms with Gasteiger partial charge in [0, 0.05) is 12.6 Å². The molecule has 1 unspecified atom stereocenters. The zero-order valence-corrected chi connectivity index (χ0v) is 22.4. The number of amides is 2. The van der Waals surface area contributed by atoms with Gasteiger partial charge in [-0.15, -0.1) is 11.8 Å². The number of rotatable bonds is 8. The van der Waals surface area contributed by atoms with Gasteiger partial charge in [-0.2, -0.15) is 0 Å². The van der Waals surface area contributed by atoms with Crippen LogP contribution < -0.4 is 10.1 Å². The molecule has 0 aromatic heterocycles. The Morgan fingerprint density at radius 3 is 2.62 bits per heavy atom. The van der Waals surface area contributed by atoms with Crippen LogP contribution in [-0.4, -0.2) is 62.7 Å². The second-order valence-corrected chi connectivity index (χ2v) is 13.0. The van der Waals surface area contributed by atoms with E-state index in [4.69, 9.17) is 4.74 Å². The van der Waals surface area contributed by atoms with Crippen molar-refractivity contribution in [1.29, 1.82) is 0 Å². The third kappa shape index (κ3) is 7.07. The number of benzene rings is 1. The number of thioether (sulfide) groups is 2. The Balaban J connectivity index is 1.63. The van der Waals surface area contributed by atoms with Crippen LogP contribution in [0.2, 0.25) is 0 Å². The number of carbonyl (C=O) groups is 2. The fraction of sp³-hybridized carbons (Fsp3) is 0.640. The summed E-state index contributed by atoms with van der Waals surface area (Å²) in [5, 5.41) is 13.0. The van der Waals surface area contributed by atoms with Crippen molar-refractivity contribution in [1.82, 2.24) is 10.2 Å². The zero-order valence-electron chi connectivity index (χ0n) is 20.8. The van der Waals surface area contributed by atoms with Gasteiger partial charge in [-0.3, -0.25) is 15.1 Å². The summed E-state index contributed by atoms with van der Waals surface area (Å²) in [6.07, 6.45) is 5.07. The van der Waals surface area contributed by atoms with E-state index in [0.717, 1.165) is 43.4 Å². The van der Waals surface area contributed by atoms with E-state index < -0.39 is 10.7 Å². The molecule has 1 aromatic rings. The predicted octanol–water partition coefficient (Wildman–Crippen LogP) is 5.16. The second-order valence-electron chi connectivity index (χ2n) is 9.72. The molecule has 0 bridgehead atoms. The van der Waals surface area contributed by atoms with Crippen LogP contribution in [0.4, 0.5) is 4.79 Å². The Hall–Kier alpha value is -1.87. The lowest BCUT2D eigenvalue weighted by Crippen LogP contribution is -2.49. The van der Waals surface area contributed by atoms with Gasteiger partial charge >= 0.3 is 12.0 Å². The molecule has 2 N–H and O–H groups in total. The molecule has 1 aliphatic carbocycles. The first-order chi connectivity index (χ1) is 16.1. The van der Waals surface area contributed by atoms with Crippen molar-refractivity contribution in [3.05, 3.63) is 29.3 Å². The maximum Gasteiger partial charge on any atom is 0.323 e. The van der Waals surface area contributed by atoms with E-state index in [1.807, 2.05) is 17.9 Å². The number of carboxylic acids is 1. The molecule has 1 fully saturated rings. The predicted molar refractivity (Wildman–Crippen MR) is 141 cm³/mol. The maximum absolute atomic E-state index is 13.4. The largest absolute Gasteiger partial charge is 0.496 e. The highest BCUT2D eigenvalue weighted by molar-refractivity contribution is 8.25. The number of hydrogen-bond acceptors (Lipinski definition) is 6. The molecular formula is C25H37N3O4S2. The van der Waals surface area contributed by atoms with Crippen molar-refractivity contribution in [2.24, 2.45) is 10.9 Å². The number of urea groups is 1. The maximum atomic E-state index is 13.4. The monoisotopic (exact) mass is 507 g/mol. The van der Waals surface area contributed by atoms with Crippen LogP contribution in [0.5, 0.6) is 5.75 Å². The topological polar surface area (TPSA) is 91.2 Å². The third-order valence-corrected chi connectivity index (χ3v) is 9.19. The molecular weight excluding hydrogens is 470 g/mol. The Morgan fingerprint density at radius 1 is 1.29 bits per heavy atom. The summed E-state index contributed by atoms with van der Waals surface area (Å²) in [5.41, 5.74) is 2.27. The molecule has 2 aliphatic rings. The van der Waals surface area contributed by atoms with E-state index in [0.29, 0.717) is 24.2 Å². The average Bonchev–Trinajstić information content (AvgIpc) is 3.21. The highest BCUT2D eigenvalue weighted by Crippen LogP contribution is 2.38. The molecule has 0 spiro atoms. The Kier molecular flexibility index (Phi) is 9.20. The molecule has 1 atom stereocenters. The molecule has 0 saturated heterocycles. The van der Waals surface area contributed by atoms with Crippen LogP contribution in [0.15, 0.2) is 23.2 Å². The first-order valence-corrected chi connectivity index (χ1v) is 13.7. The average molecular weight is 508 g/mol. The van der Waals surface area contributed by atoms with Gasteiger partial charge < -0.3 is 14.7 Å². The number of nitrogens with one attached hydrogen (secondary N) is 1. The number of aryl methyl sites for hydroxylation is 1. The van der Waals surface area contributed by atoms with Crippen molar-refractivity contribution in [3.63, 3.8) is 0 Å². The number of aliphatic imine (C=N–C) groups is 1. The number of carbonyl (C=O) groups excluding carboxylic acids is 1. The molecule has 1 aliphatic heterocycles. The Labute approximate surface area is 211 Å². The number of amidine groups is 1. The minimum absolute atomic E-state index is 0.0207. The number of carboxylic acid groups (broad SMARTS) is 1. The fourth-order valence-electron chi connectivity index (χ4n) is 4.38. The molecule has 1 heterocycles. The van der Waals surface area contributed by atoms with E-state index in [2.05, 4.69) is 29.4 Å². The van der Waals surface area contributed by atoms with Crippen LogP contribution in [-0.2, 0) is 11.2 Å². The van der Waals surface area contributed by atoms with E-state index in [9.17, 15) is 14.7 Å². The van der Waals surface area contributed by atoms with E-state index >= 15 is 0 Å². The molecule has 2 amide bonds. The van der Waals surface area contributed by atoms with Gasteiger partial charge in [0.15, 0.2) is 5.17 Å². The van der Waals surface area contributed by atoms with Crippen LogP contribution in [0, 0.1) is 12.8 Å². The summed E-state index contributed by atoms with van der Waals surface area (Å²) in [7, 11) is 1.67. The molecule has 9 heteroatoms. The summed E-state index contributed by atoms with van der Waals surface area (Å²) in [6, 6.07) is 6.28. The molecule has 1 aromatic carbocycles. The highest BCUT2D eigenvalue weighted by atomic mass is 32.2. The van der Waals surface area contributed by atoms with E-state index in [1.54, 1.807) is 21.0 Å². The van der Waals surface area contributed by atoms with Gasteiger partial charge in [0.05, 0.1) is 18.2 Å². The summed E-state index contributed by atoms with van der Waals surface area (Å²) in [4.78, 5) is 31.3. The number of ether oxygens (including phenoxy) is 1. The van der Waals surface area contributed by atoms with Crippen molar-refractivity contribution in [3.8, 4) is 5.75 Å². The third-order valence-electron chi connectivity index (χ3n) is 6.57. The Morgan fingerprint density at radius 2 is 2.00 bits per heavy atom. The SMILES string of the molecule is COc1ccc(CCN(C(=O)NC2=NCC(SC(C)(C)C(=O)O)S2)C2CCC(C)CC2)cc1C. The van der Waals surface area contributed by atoms with Crippen LogP contribution in [0.1, 0.15) is 57.6 Å². The molecule has 1 saturated carbocycles. The lowest BCUT2D eigenvalue weighted by molar-refractivity contribution is -0.138. The number of hydrogen-bond donors (Lipinski definition) is 2. The van der Waals surface area contributed by atoms with Crippen LogP contribution in [0.3, 0.4) is 0 Å². The summed E-state index contributed by atoms with van der Waals surface area (Å²) in [5.74, 6) is 0.729. The molecule has 3 rings (SSSR count). The van der Waals surface area contributed by atoms with Gasteiger partial charge in [-0.25, -0.2) is 4.79 Å². The molecule has 0 radical (unpaired) electrons. The Bertz CT molecular complexity index is 913. The molecule has 34 heavy (non-hydrogen) atoms. The first kappa shape index (κ1) is 26.7. The van der Waals surface area contributed by atoms with Crippen molar-refractivity contribution in [2.75, 3.05) is 20.2 Å². The van der Waals surface area contributed by atoms with Crippen molar-refractivity contribution >= 4 is 40.7 Å². The minimum atomic E-state index is -0.895.